The van der Waals surface area contributed by atoms with Gasteiger partial charge in [0.05, 0.1) is 12.3 Å². The molecule has 3 aromatic rings. The number of β-amino-alcohol motifs (C(OH)–C–C–N with tert-alkyl or cyclic N) is 1. The lowest BCUT2D eigenvalue weighted by Crippen LogP contribution is -2.54. The van der Waals surface area contributed by atoms with Gasteiger partial charge in [-0.2, -0.15) is 5.26 Å². The Hall–Kier alpha value is -4.56. The van der Waals surface area contributed by atoms with Crippen LogP contribution in [0.3, 0.4) is 0 Å². The number of rotatable bonds is 9. The van der Waals surface area contributed by atoms with Crippen LogP contribution >= 0.6 is 0 Å². The van der Waals surface area contributed by atoms with Gasteiger partial charge in [-0.05, 0) is 22.6 Å². The normalized spacial score (nSPS) is 18.4. The van der Waals surface area contributed by atoms with E-state index in [1.54, 1.807) is 0 Å². The summed E-state index contributed by atoms with van der Waals surface area (Å²) in [6.45, 7) is 3.57. The molecule has 11 heteroatoms. The number of carbonyl (C=O) groups excluding carboxylic acids is 3. The van der Waals surface area contributed by atoms with Gasteiger partial charge in [-0.15, -0.1) is 5.10 Å². The van der Waals surface area contributed by atoms with Crippen LogP contribution in [0.15, 0.2) is 60.8 Å². The number of carbonyl (C=O) groups is 3. The number of hydrogen-bond acceptors (Lipinski definition) is 7. The van der Waals surface area contributed by atoms with Gasteiger partial charge < -0.3 is 21.1 Å². The summed E-state index contributed by atoms with van der Waals surface area (Å²) in [5, 5.41) is 29.8. The molecule has 11 nitrogen and oxygen atoms in total. The lowest BCUT2D eigenvalue weighted by molar-refractivity contribution is -0.143. The van der Waals surface area contributed by atoms with Crippen LogP contribution in [0.1, 0.15) is 37.6 Å². The predicted octanol–water partition coefficient (Wildman–Crippen LogP) is 1.19. The van der Waals surface area contributed by atoms with Gasteiger partial charge in [0.15, 0.2) is 5.69 Å². The fourth-order valence-corrected chi connectivity index (χ4v) is 4.83. The number of nitrogens with two attached hydrogens (primary N) is 1. The fourth-order valence-electron chi connectivity index (χ4n) is 4.83. The molecule has 4 atom stereocenters. The molecule has 4 unspecified atom stereocenters. The van der Waals surface area contributed by atoms with Crippen LogP contribution < -0.4 is 11.1 Å². The lowest BCUT2D eigenvalue weighted by Gasteiger charge is -2.30. The Bertz CT molecular complexity index is 1360. The van der Waals surface area contributed by atoms with E-state index >= 15 is 0 Å². The number of likely N-dealkylation sites (tertiary alicyclic amines) is 1. The molecule has 4 N–H and O–H groups in total. The van der Waals surface area contributed by atoms with E-state index in [9.17, 15) is 19.5 Å². The quantitative estimate of drug-likeness (QED) is 0.374. The molecular formula is C28H31N7O4. The molecule has 0 saturated carbocycles. The van der Waals surface area contributed by atoms with Crippen molar-refractivity contribution in [2.75, 3.05) is 6.54 Å². The summed E-state index contributed by atoms with van der Waals surface area (Å²) in [7, 11) is 0. The molecule has 0 bridgehead atoms. The molecular weight excluding hydrogens is 498 g/mol. The van der Waals surface area contributed by atoms with Gasteiger partial charge in [-0.1, -0.05) is 73.7 Å². The van der Waals surface area contributed by atoms with Crippen LogP contribution in [0.4, 0.5) is 0 Å². The van der Waals surface area contributed by atoms with Gasteiger partial charge >= 0.3 is 0 Å². The minimum Gasteiger partial charge on any atom is -0.391 e. The van der Waals surface area contributed by atoms with Gasteiger partial charge in [0.25, 0.3) is 0 Å². The summed E-state index contributed by atoms with van der Waals surface area (Å²) in [6.07, 6.45) is 0.640. The first kappa shape index (κ1) is 27.5. The van der Waals surface area contributed by atoms with Crippen LogP contribution in [-0.4, -0.2) is 67.5 Å². The second-order valence-corrected chi connectivity index (χ2v) is 10.0. The van der Waals surface area contributed by atoms with Crippen molar-refractivity contribution in [3.05, 3.63) is 72.1 Å². The maximum atomic E-state index is 13.6. The second kappa shape index (κ2) is 11.9. The Balaban J connectivity index is 1.48. The summed E-state index contributed by atoms with van der Waals surface area (Å²) < 4.78 is 1.30. The maximum absolute atomic E-state index is 13.6. The Morgan fingerprint density at radius 3 is 2.38 bits per heavy atom. The number of aliphatic hydroxyl groups is 1. The molecule has 2 aromatic carbocycles. The Morgan fingerprint density at radius 2 is 1.79 bits per heavy atom. The Morgan fingerprint density at radius 1 is 1.13 bits per heavy atom. The molecule has 39 heavy (non-hydrogen) atoms. The molecule has 1 aromatic heterocycles. The Labute approximate surface area is 226 Å². The van der Waals surface area contributed by atoms with Crippen LogP contribution in [0.5, 0.6) is 0 Å². The van der Waals surface area contributed by atoms with Gasteiger partial charge in [0.1, 0.15) is 24.2 Å². The van der Waals surface area contributed by atoms with E-state index in [0.29, 0.717) is 0 Å². The molecule has 4 rings (SSSR count). The van der Waals surface area contributed by atoms with Crippen molar-refractivity contribution >= 4 is 17.7 Å². The molecule has 0 spiro atoms. The van der Waals surface area contributed by atoms with E-state index in [4.69, 9.17) is 11.0 Å². The summed E-state index contributed by atoms with van der Waals surface area (Å²) >= 11 is 0. The highest BCUT2D eigenvalue weighted by molar-refractivity contribution is 5.93. The van der Waals surface area contributed by atoms with E-state index in [0.717, 1.165) is 16.7 Å². The average Bonchev–Trinajstić information content (AvgIpc) is 3.55. The summed E-state index contributed by atoms with van der Waals surface area (Å²) in [6, 6.07) is 16.5. The fraction of sp³-hybridized carbons (Fsp3) is 0.357. The molecule has 1 saturated heterocycles. The van der Waals surface area contributed by atoms with Crippen LogP contribution in [0.2, 0.25) is 0 Å². The van der Waals surface area contributed by atoms with Crippen molar-refractivity contribution in [1.29, 1.82) is 5.26 Å². The summed E-state index contributed by atoms with van der Waals surface area (Å²) in [4.78, 5) is 40.5. The molecule has 2 heterocycles. The highest BCUT2D eigenvalue weighted by Gasteiger charge is 2.43. The monoisotopic (exact) mass is 529 g/mol. The Kier molecular flexibility index (Phi) is 8.36. The SMILES string of the molecule is CC(C)C(C(=O)N1CC(O)CC1C(=O)NC(Cc1ccc(-c2ccccc2)cc1)C(N)=O)n1cc(C#N)nn1. The number of aromatic nitrogens is 3. The van der Waals surface area contributed by atoms with Crippen LogP contribution in [-0.2, 0) is 20.8 Å². The zero-order valence-electron chi connectivity index (χ0n) is 21.8. The number of benzene rings is 2. The zero-order valence-corrected chi connectivity index (χ0v) is 21.8. The van der Waals surface area contributed by atoms with E-state index < -0.39 is 42.0 Å². The highest BCUT2D eigenvalue weighted by atomic mass is 16.3. The number of primary amides is 1. The minimum absolute atomic E-state index is 0.0143. The topological polar surface area (TPSA) is 167 Å². The predicted molar refractivity (Wildman–Crippen MR) is 141 cm³/mol. The van der Waals surface area contributed by atoms with Crippen LogP contribution in [0, 0.1) is 17.2 Å². The first-order valence-corrected chi connectivity index (χ1v) is 12.7. The van der Waals surface area contributed by atoms with E-state index in [1.165, 1.54) is 15.8 Å². The third-order valence-corrected chi connectivity index (χ3v) is 6.82. The largest absolute Gasteiger partial charge is 0.391 e. The van der Waals surface area contributed by atoms with Crippen molar-refractivity contribution in [2.45, 2.75) is 50.9 Å². The first-order valence-electron chi connectivity index (χ1n) is 12.7. The number of nitrogens with one attached hydrogen (secondary N) is 1. The summed E-state index contributed by atoms with van der Waals surface area (Å²) in [5.74, 6) is -1.98. The summed E-state index contributed by atoms with van der Waals surface area (Å²) in [5.41, 5.74) is 8.56. The molecule has 202 valence electrons. The molecule has 3 amide bonds. The lowest BCUT2D eigenvalue weighted by atomic mass is 10.00. The van der Waals surface area contributed by atoms with E-state index in [-0.39, 0.29) is 31.0 Å². The number of nitriles is 1. The van der Waals surface area contributed by atoms with E-state index in [1.807, 2.05) is 74.5 Å². The first-order chi connectivity index (χ1) is 18.7. The van der Waals surface area contributed by atoms with Crippen molar-refractivity contribution < 1.29 is 19.5 Å². The van der Waals surface area contributed by atoms with Crippen molar-refractivity contribution in [3.8, 4) is 17.2 Å². The number of hydrogen-bond donors (Lipinski definition) is 3. The third-order valence-electron chi connectivity index (χ3n) is 6.82. The molecule has 1 fully saturated rings. The highest BCUT2D eigenvalue weighted by Crippen LogP contribution is 2.27. The molecule has 0 radical (unpaired) electrons. The second-order valence-electron chi connectivity index (χ2n) is 10.0. The third kappa shape index (κ3) is 6.30. The van der Waals surface area contributed by atoms with Crippen molar-refractivity contribution in [3.63, 3.8) is 0 Å². The molecule has 0 aliphatic carbocycles. The smallest absolute Gasteiger partial charge is 0.248 e. The van der Waals surface area contributed by atoms with Gasteiger partial charge in [0, 0.05) is 19.4 Å². The average molecular weight is 530 g/mol. The standard InChI is InChI=1S/C28H31N7O4/c1-17(2)25(35-15-21(14-29)32-33-35)28(39)34-16-22(36)13-24(34)27(38)31-23(26(30)37)12-18-8-10-20(11-9-18)19-6-4-3-5-7-19/h3-11,15,17,22-25,36H,12-13,16H2,1-2H3,(H2,30,37)(H,31,38). The zero-order chi connectivity index (χ0) is 28.1. The number of amides is 3. The van der Waals surface area contributed by atoms with Gasteiger partial charge in [0.2, 0.25) is 17.7 Å². The van der Waals surface area contributed by atoms with Crippen molar-refractivity contribution in [2.24, 2.45) is 11.7 Å². The minimum atomic E-state index is -1.01. The van der Waals surface area contributed by atoms with Gasteiger partial charge in [-0.3, -0.25) is 14.4 Å². The molecule has 1 aliphatic heterocycles. The van der Waals surface area contributed by atoms with E-state index in [2.05, 4.69) is 15.6 Å². The van der Waals surface area contributed by atoms with Crippen LogP contribution in [0.25, 0.3) is 11.1 Å². The number of nitrogens with zero attached hydrogens (tertiary/aromatic N) is 5. The van der Waals surface area contributed by atoms with Crippen molar-refractivity contribution in [1.82, 2.24) is 25.2 Å². The molecule has 1 aliphatic rings. The van der Waals surface area contributed by atoms with Gasteiger partial charge in [-0.25, -0.2) is 4.68 Å². The number of aliphatic hydroxyl groups excluding tert-OH is 1. The maximum Gasteiger partial charge on any atom is 0.248 e.